The van der Waals surface area contributed by atoms with Crippen LogP contribution in [0.2, 0.25) is 0 Å². The molecule has 3 atom stereocenters. The molecule has 0 aromatic carbocycles. The average Bonchev–Trinajstić information content (AvgIpc) is 2.66. The Hall–Kier alpha value is 0.110. The minimum absolute atomic E-state index is 0.437. The largest absolute Gasteiger partial charge is 0.347 e. The van der Waals surface area contributed by atoms with E-state index in [-0.39, 0.29) is 0 Å². The summed E-state index contributed by atoms with van der Waals surface area (Å²) in [5, 5.41) is 0. The Labute approximate surface area is 163 Å². The van der Waals surface area contributed by atoms with Crippen molar-refractivity contribution in [3.63, 3.8) is 0 Å². The van der Waals surface area contributed by atoms with Crippen LogP contribution >= 0.6 is 7.60 Å². The molecule has 0 aliphatic rings. The normalized spacial score (nSPS) is 17.6. The van der Waals surface area contributed by atoms with E-state index in [1.807, 2.05) is 0 Å². The fourth-order valence-electron chi connectivity index (χ4n) is 3.01. The Morgan fingerprint density at radius 3 is 1.46 bits per heavy atom. The predicted molar refractivity (Wildman–Crippen MR) is 114 cm³/mol. The van der Waals surface area contributed by atoms with Crippen LogP contribution in [-0.2, 0) is 13.6 Å². The first-order valence-corrected chi connectivity index (χ1v) is 12.7. The van der Waals surface area contributed by atoms with Gasteiger partial charge in [-0.05, 0) is 31.1 Å². The van der Waals surface area contributed by atoms with Gasteiger partial charge in [0.25, 0.3) is 0 Å². The van der Waals surface area contributed by atoms with Crippen LogP contribution in [0.1, 0.15) is 105 Å². The summed E-state index contributed by atoms with van der Waals surface area (Å²) < 4.78 is 25.3. The second-order valence-electron chi connectivity index (χ2n) is 7.67. The summed E-state index contributed by atoms with van der Waals surface area (Å²) in [5.41, 5.74) is 6.28. The lowest BCUT2D eigenvalue weighted by Crippen LogP contribution is -2.25. The van der Waals surface area contributed by atoms with Crippen LogP contribution in [0.5, 0.6) is 0 Å². The smallest absolute Gasteiger partial charge is 0.318 e. The summed E-state index contributed by atoms with van der Waals surface area (Å²) in [7, 11) is -3.26. The van der Waals surface area contributed by atoms with Crippen molar-refractivity contribution in [2.24, 2.45) is 17.6 Å². The summed E-state index contributed by atoms with van der Waals surface area (Å²) in [6, 6.07) is 0. The second-order valence-corrected chi connectivity index (χ2v) is 9.93. The fraction of sp³-hybridized carbons (Fsp3) is 1.00. The van der Waals surface area contributed by atoms with Crippen LogP contribution in [0.4, 0.5) is 0 Å². The lowest BCUT2D eigenvalue weighted by atomic mass is 10.0. The molecule has 5 heteroatoms. The molecule has 2 N–H and O–H groups in total. The van der Waals surface area contributed by atoms with E-state index in [9.17, 15) is 4.57 Å². The first kappa shape index (κ1) is 26.1. The SMILES string of the molecule is CCCCC(CC)COP(=O)(OCC(CC)CCCC)C(N)CCCC. The van der Waals surface area contributed by atoms with E-state index in [1.165, 1.54) is 25.7 Å². The van der Waals surface area contributed by atoms with Gasteiger partial charge in [0.05, 0.1) is 13.2 Å². The third-order valence-corrected chi connectivity index (χ3v) is 7.42. The first-order chi connectivity index (χ1) is 12.5. The van der Waals surface area contributed by atoms with Gasteiger partial charge in [-0.1, -0.05) is 86.0 Å². The number of unbranched alkanes of at least 4 members (excludes halogenated alkanes) is 3. The third kappa shape index (κ3) is 11.1. The molecule has 0 saturated carbocycles. The second kappa shape index (κ2) is 16.1. The number of nitrogens with two attached hydrogens (primary N) is 1. The van der Waals surface area contributed by atoms with Crippen molar-refractivity contribution < 1.29 is 13.6 Å². The van der Waals surface area contributed by atoms with Gasteiger partial charge in [0.15, 0.2) is 0 Å². The van der Waals surface area contributed by atoms with E-state index in [2.05, 4.69) is 34.6 Å². The van der Waals surface area contributed by atoms with Crippen LogP contribution in [0, 0.1) is 11.8 Å². The van der Waals surface area contributed by atoms with Crippen molar-refractivity contribution in [2.45, 2.75) is 111 Å². The van der Waals surface area contributed by atoms with Gasteiger partial charge in [-0.25, -0.2) is 0 Å². The molecule has 4 nitrogen and oxygen atoms in total. The van der Waals surface area contributed by atoms with Crippen molar-refractivity contribution in [3.05, 3.63) is 0 Å². The molecule has 0 aliphatic carbocycles. The van der Waals surface area contributed by atoms with Crippen molar-refractivity contribution in [1.29, 1.82) is 0 Å². The van der Waals surface area contributed by atoms with Crippen LogP contribution < -0.4 is 5.73 Å². The Morgan fingerprint density at radius 2 is 1.12 bits per heavy atom. The molecular weight excluding hydrogens is 345 g/mol. The summed E-state index contributed by atoms with van der Waals surface area (Å²) in [5.74, 6) is 0.370. The quantitative estimate of drug-likeness (QED) is 0.253. The van der Waals surface area contributed by atoms with Crippen LogP contribution in [0.15, 0.2) is 0 Å². The molecule has 0 radical (unpaired) electrons. The molecule has 0 rings (SSSR count). The van der Waals surface area contributed by atoms with Gasteiger partial charge < -0.3 is 14.8 Å². The summed E-state index contributed by atoms with van der Waals surface area (Å²) in [6.07, 6.45) is 11.7. The van der Waals surface area contributed by atoms with E-state index in [1.54, 1.807) is 0 Å². The summed E-state index contributed by atoms with van der Waals surface area (Å²) in [6.45, 7) is 11.9. The maximum absolute atomic E-state index is 13.4. The maximum Gasteiger partial charge on any atom is 0.347 e. The van der Waals surface area contributed by atoms with Gasteiger partial charge in [0.1, 0.15) is 5.78 Å². The molecule has 0 fully saturated rings. The monoisotopic (exact) mass is 391 g/mol. The molecule has 0 bridgehead atoms. The predicted octanol–water partition coefficient (Wildman–Crippen LogP) is 7.12. The molecule has 158 valence electrons. The van der Waals surface area contributed by atoms with Crippen molar-refractivity contribution in [1.82, 2.24) is 0 Å². The van der Waals surface area contributed by atoms with Crippen molar-refractivity contribution in [2.75, 3.05) is 13.2 Å². The molecule has 3 unspecified atom stereocenters. The highest BCUT2D eigenvalue weighted by Gasteiger charge is 2.34. The Morgan fingerprint density at radius 1 is 0.731 bits per heavy atom. The zero-order chi connectivity index (χ0) is 19.8. The van der Waals surface area contributed by atoms with E-state index in [0.29, 0.717) is 31.5 Å². The molecule has 0 heterocycles. The topological polar surface area (TPSA) is 61.5 Å². The number of hydrogen-bond acceptors (Lipinski definition) is 4. The van der Waals surface area contributed by atoms with E-state index >= 15 is 0 Å². The molecule has 0 saturated heterocycles. The molecule has 0 aromatic heterocycles. The Balaban J connectivity index is 4.85. The van der Waals surface area contributed by atoms with Crippen molar-refractivity contribution >= 4 is 7.60 Å². The third-order valence-electron chi connectivity index (χ3n) is 5.33. The molecular formula is C21H46NO3P. The zero-order valence-electron chi connectivity index (χ0n) is 18.2. The van der Waals surface area contributed by atoms with Gasteiger partial charge in [0, 0.05) is 0 Å². The standard InChI is InChI=1S/C21H46NO3P/c1-6-11-14-19(9-4)17-24-26(23,21(22)16-13-8-3)25-18-20(10-5)15-12-7-2/h19-21H,6-18,22H2,1-5H3. The summed E-state index contributed by atoms with van der Waals surface area (Å²) in [4.78, 5) is 0. The fourth-order valence-corrected chi connectivity index (χ4v) is 4.81. The minimum Gasteiger partial charge on any atom is -0.318 e. The highest BCUT2D eigenvalue weighted by Crippen LogP contribution is 2.53. The van der Waals surface area contributed by atoms with Gasteiger partial charge >= 0.3 is 7.60 Å². The van der Waals surface area contributed by atoms with Crippen LogP contribution in [-0.4, -0.2) is 19.0 Å². The van der Waals surface area contributed by atoms with E-state index in [4.69, 9.17) is 14.8 Å². The van der Waals surface area contributed by atoms with Crippen LogP contribution in [0.3, 0.4) is 0 Å². The van der Waals surface area contributed by atoms with Crippen LogP contribution in [0.25, 0.3) is 0 Å². The molecule has 0 amide bonds. The van der Waals surface area contributed by atoms with Gasteiger partial charge in [-0.2, -0.15) is 0 Å². The lowest BCUT2D eigenvalue weighted by Gasteiger charge is -2.28. The number of hydrogen-bond donors (Lipinski definition) is 1. The maximum atomic E-state index is 13.4. The minimum atomic E-state index is -3.26. The Kier molecular flexibility index (Phi) is 16.2. The first-order valence-electron chi connectivity index (χ1n) is 11.1. The summed E-state index contributed by atoms with van der Waals surface area (Å²) >= 11 is 0. The van der Waals surface area contributed by atoms with E-state index < -0.39 is 13.4 Å². The molecule has 26 heavy (non-hydrogen) atoms. The molecule has 0 aromatic rings. The van der Waals surface area contributed by atoms with Gasteiger partial charge in [0.2, 0.25) is 0 Å². The lowest BCUT2D eigenvalue weighted by molar-refractivity contribution is 0.145. The van der Waals surface area contributed by atoms with Gasteiger partial charge in [-0.3, -0.25) is 4.57 Å². The molecule has 0 spiro atoms. The van der Waals surface area contributed by atoms with Gasteiger partial charge in [-0.15, -0.1) is 0 Å². The molecule has 0 aliphatic heterocycles. The number of rotatable bonds is 18. The highest BCUT2D eigenvalue weighted by molar-refractivity contribution is 7.54. The van der Waals surface area contributed by atoms with E-state index in [0.717, 1.165) is 38.5 Å². The average molecular weight is 392 g/mol. The van der Waals surface area contributed by atoms with Crippen molar-refractivity contribution in [3.8, 4) is 0 Å². The highest BCUT2D eigenvalue weighted by atomic mass is 31.2. The Bertz CT molecular complexity index is 341. The zero-order valence-corrected chi connectivity index (χ0v) is 19.1.